The summed E-state index contributed by atoms with van der Waals surface area (Å²) in [6, 6.07) is 0. The third-order valence-electron chi connectivity index (χ3n) is 1.23. The molecule has 0 fully saturated rings. The van der Waals surface area contributed by atoms with Crippen molar-refractivity contribution in [2.24, 2.45) is 0 Å². The van der Waals surface area contributed by atoms with E-state index in [0.29, 0.717) is 0 Å². The zero-order valence-corrected chi connectivity index (χ0v) is 10.5. The van der Waals surface area contributed by atoms with Crippen LogP contribution < -0.4 is 29.6 Å². The minimum absolute atomic E-state index is 0. The molecule has 0 saturated heterocycles. The van der Waals surface area contributed by atoms with E-state index in [4.69, 9.17) is 0 Å². The van der Waals surface area contributed by atoms with Crippen LogP contribution in [0.2, 0.25) is 0 Å². The SMILES string of the molecule is C=CC(=O)N(C)CCS(=O)(=O)[O-].[Na+]. The van der Waals surface area contributed by atoms with Crippen molar-refractivity contribution in [3.05, 3.63) is 12.7 Å². The molecule has 0 unspecified atom stereocenters. The predicted octanol–water partition coefficient (Wildman–Crippen LogP) is -3.82. The van der Waals surface area contributed by atoms with Gasteiger partial charge in [0.25, 0.3) is 0 Å². The van der Waals surface area contributed by atoms with Gasteiger partial charge in [-0.15, -0.1) is 0 Å². The molecule has 70 valence electrons. The second-order valence-corrected chi connectivity index (χ2v) is 3.75. The van der Waals surface area contributed by atoms with E-state index in [2.05, 4.69) is 6.58 Å². The molecule has 0 aromatic carbocycles. The molecule has 0 rings (SSSR count). The van der Waals surface area contributed by atoms with Crippen LogP contribution in [0.4, 0.5) is 0 Å². The maximum Gasteiger partial charge on any atom is 1.00 e. The third kappa shape index (κ3) is 8.45. The van der Waals surface area contributed by atoms with E-state index >= 15 is 0 Å². The van der Waals surface area contributed by atoms with E-state index < -0.39 is 21.8 Å². The van der Waals surface area contributed by atoms with Crippen molar-refractivity contribution in [1.29, 1.82) is 0 Å². The zero-order chi connectivity index (χ0) is 9.78. The maximum atomic E-state index is 10.7. The predicted molar refractivity (Wildman–Crippen MR) is 42.4 cm³/mol. The second kappa shape index (κ2) is 6.56. The summed E-state index contributed by atoms with van der Waals surface area (Å²) < 4.78 is 30.4. The molecule has 0 aliphatic rings. The summed E-state index contributed by atoms with van der Waals surface area (Å²) in [6.45, 7) is 3.11. The Hall–Kier alpha value is 0.120. The molecule has 0 spiro atoms. The van der Waals surface area contributed by atoms with Gasteiger partial charge in [0.15, 0.2) is 0 Å². The van der Waals surface area contributed by atoms with Crippen LogP contribution >= 0.6 is 0 Å². The number of carbonyl (C=O) groups excluding carboxylic acids is 1. The first kappa shape index (κ1) is 15.6. The van der Waals surface area contributed by atoms with Gasteiger partial charge < -0.3 is 9.45 Å². The van der Waals surface area contributed by atoms with E-state index in [9.17, 15) is 17.8 Å². The molecule has 0 radical (unpaired) electrons. The Balaban J connectivity index is 0. The van der Waals surface area contributed by atoms with Crippen molar-refractivity contribution in [3.63, 3.8) is 0 Å². The Morgan fingerprint density at radius 2 is 2.08 bits per heavy atom. The van der Waals surface area contributed by atoms with Crippen LogP contribution in [0.5, 0.6) is 0 Å². The van der Waals surface area contributed by atoms with Crippen molar-refractivity contribution in [1.82, 2.24) is 4.90 Å². The monoisotopic (exact) mass is 215 g/mol. The molecule has 0 heterocycles. The maximum absolute atomic E-state index is 10.7. The number of nitrogens with zero attached hydrogens (tertiary/aromatic N) is 1. The normalized spacial score (nSPS) is 10.0. The molecular weight excluding hydrogens is 205 g/mol. The van der Waals surface area contributed by atoms with Crippen LogP contribution in [0.3, 0.4) is 0 Å². The van der Waals surface area contributed by atoms with Gasteiger partial charge in [0, 0.05) is 13.6 Å². The number of rotatable bonds is 4. The molecule has 1 amide bonds. The van der Waals surface area contributed by atoms with Gasteiger partial charge in [-0.3, -0.25) is 4.79 Å². The summed E-state index contributed by atoms with van der Waals surface area (Å²) >= 11 is 0. The Labute approximate surface area is 99.8 Å². The van der Waals surface area contributed by atoms with Gasteiger partial charge in [-0.1, -0.05) is 6.58 Å². The van der Waals surface area contributed by atoms with Gasteiger partial charge in [-0.05, 0) is 6.08 Å². The standard InChI is InChI=1S/C6H11NO4S.Na/c1-3-6(8)7(2)4-5-12(9,10)11;/h3H,1,4-5H2,2H3,(H,9,10,11);/q;+1/p-1. The second-order valence-electron chi connectivity index (χ2n) is 2.23. The topological polar surface area (TPSA) is 77.5 Å². The minimum Gasteiger partial charge on any atom is -0.748 e. The van der Waals surface area contributed by atoms with E-state index in [0.717, 1.165) is 11.0 Å². The molecule has 0 N–H and O–H groups in total. The molecule has 13 heavy (non-hydrogen) atoms. The van der Waals surface area contributed by atoms with E-state index in [1.807, 2.05) is 0 Å². The van der Waals surface area contributed by atoms with Gasteiger partial charge in [-0.2, -0.15) is 0 Å². The molecule has 0 saturated carbocycles. The average Bonchev–Trinajstić information content (AvgIpc) is 1.97. The van der Waals surface area contributed by atoms with Crippen LogP contribution in [0, 0.1) is 0 Å². The van der Waals surface area contributed by atoms with Gasteiger partial charge in [-0.25, -0.2) is 8.42 Å². The fourth-order valence-electron chi connectivity index (χ4n) is 0.515. The number of carbonyl (C=O) groups is 1. The fourth-order valence-corrected chi connectivity index (χ4v) is 1.01. The fraction of sp³-hybridized carbons (Fsp3) is 0.500. The Kier molecular flexibility index (Phi) is 7.86. The summed E-state index contributed by atoms with van der Waals surface area (Å²) in [5.41, 5.74) is 0. The summed E-state index contributed by atoms with van der Waals surface area (Å²) in [5.74, 6) is -0.970. The smallest absolute Gasteiger partial charge is 0.748 e. The largest absolute Gasteiger partial charge is 1.00 e. The molecule has 0 aliphatic heterocycles. The van der Waals surface area contributed by atoms with Crippen LogP contribution in [-0.4, -0.2) is 43.1 Å². The first-order valence-corrected chi connectivity index (χ1v) is 4.75. The van der Waals surface area contributed by atoms with Crippen LogP contribution in [0.15, 0.2) is 12.7 Å². The average molecular weight is 215 g/mol. The van der Waals surface area contributed by atoms with Crippen LogP contribution in [-0.2, 0) is 14.9 Å². The van der Waals surface area contributed by atoms with E-state index in [-0.39, 0.29) is 36.1 Å². The zero-order valence-electron chi connectivity index (χ0n) is 7.69. The summed E-state index contributed by atoms with van der Waals surface area (Å²) in [5, 5.41) is 0. The van der Waals surface area contributed by atoms with Crippen molar-refractivity contribution in [2.75, 3.05) is 19.3 Å². The van der Waals surface area contributed by atoms with Crippen molar-refractivity contribution < 1.29 is 47.3 Å². The third-order valence-corrected chi connectivity index (χ3v) is 1.91. The molecule has 0 atom stereocenters. The first-order chi connectivity index (χ1) is 5.37. The number of hydrogen-bond donors (Lipinski definition) is 0. The van der Waals surface area contributed by atoms with Crippen molar-refractivity contribution in [2.45, 2.75) is 0 Å². The van der Waals surface area contributed by atoms with Gasteiger partial charge in [0.05, 0.1) is 15.9 Å². The molecule has 7 heteroatoms. The van der Waals surface area contributed by atoms with E-state index in [1.54, 1.807) is 0 Å². The number of hydrogen-bond acceptors (Lipinski definition) is 4. The molecule has 0 aromatic heterocycles. The Morgan fingerprint density at radius 3 is 2.38 bits per heavy atom. The van der Waals surface area contributed by atoms with Gasteiger partial charge >= 0.3 is 29.6 Å². The van der Waals surface area contributed by atoms with Crippen LogP contribution in [0.1, 0.15) is 0 Å². The quantitative estimate of drug-likeness (QED) is 0.273. The van der Waals surface area contributed by atoms with E-state index in [1.165, 1.54) is 7.05 Å². The van der Waals surface area contributed by atoms with Gasteiger partial charge in [0.1, 0.15) is 0 Å². The number of amides is 1. The molecule has 0 aliphatic carbocycles. The molecule has 0 aromatic rings. The van der Waals surface area contributed by atoms with Crippen molar-refractivity contribution >= 4 is 16.0 Å². The Morgan fingerprint density at radius 1 is 1.62 bits per heavy atom. The first-order valence-electron chi connectivity index (χ1n) is 3.18. The minimum atomic E-state index is -4.24. The number of likely N-dealkylation sites (N-methyl/N-ethyl adjacent to an activating group) is 1. The summed E-state index contributed by atoms with van der Waals surface area (Å²) in [6.07, 6.45) is 1.05. The van der Waals surface area contributed by atoms with Crippen molar-refractivity contribution in [3.8, 4) is 0 Å². The van der Waals surface area contributed by atoms with Crippen LogP contribution in [0.25, 0.3) is 0 Å². The Bertz CT molecular complexity index is 274. The molecule has 0 bridgehead atoms. The molecule has 5 nitrogen and oxygen atoms in total. The molecular formula is C6H10NNaO4S. The van der Waals surface area contributed by atoms with Gasteiger partial charge in [0.2, 0.25) is 5.91 Å². The summed E-state index contributed by atoms with van der Waals surface area (Å²) in [4.78, 5) is 11.9. The summed E-state index contributed by atoms with van der Waals surface area (Å²) in [7, 11) is -2.84.